The molecule has 1 N–H and O–H groups in total. The highest BCUT2D eigenvalue weighted by Gasteiger charge is 2.13. The zero-order chi connectivity index (χ0) is 16.0. The molecule has 0 aliphatic heterocycles. The number of ether oxygens (including phenoxy) is 1. The second-order valence-electron chi connectivity index (χ2n) is 3.89. The molecular weight excluding hydrogens is 308 g/mol. The quantitative estimate of drug-likeness (QED) is 0.371. The molecule has 1 aromatic rings. The van der Waals surface area contributed by atoms with Gasteiger partial charge in [0.2, 0.25) is 0 Å². The highest BCUT2D eigenvalue weighted by atomic mass is 35.5. The number of alkyl halides is 2. The standard InChI is InChI=1S/C12H10ClF2N3O3/c1-6-2-7(3-8(11(19)20)5-17-18-16)4-9(13)10(6)21-12(14)15/h2-4,12H,5H2,1H3,(H,19,20)/b8-3-. The maximum atomic E-state index is 12.2. The molecule has 0 amide bonds. The van der Waals surface area contributed by atoms with Gasteiger partial charge in [0, 0.05) is 10.5 Å². The summed E-state index contributed by atoms with van der Waals surface area (Å²) in [7, 11) is 0. The highest BCUT2D eigenvalue weighted by Crippen LogP contribution is 2.32. The summed E-state index contributed by atoms with van der Waals surface area (Å²) in [5, 5.41) is 12.1. The van der Waals surface area contributed by atoms with Crippen molar-refractivity contribution in [3.63, 3.8) is 0 Å². The summed E-state index contributed by atoms with van der Waals surface area (Å²) in [6, 6.07) is 2.72. The molecule has 112 valence electrons. The first-order valence-corrected chi connectivity index (χ1v) is 5.92. The van der Waals surface area contributed by atoms with Gasteiger partial charge in [-0.25, -0.2) is 4.79 Å². The van der Waals surface area contributed by atoms with E-state index in [9.17, 15) is 13.6 Å². The fourth-order valence-corrected chi connectivity index (χ4v) is 1.88. The number of hydrogen-bond donors (Lipinski definition) is 1. The number of hydrogen-bond acceptors (Lipinski definition) is 3. The number of aryl methyl sites for hydroxylation is 1. The van der Waals surface area contributed by atoms with Crippen LogP contribution in [-0.4, -0.2) is 24.2 Å². The smallest absolute Gasteiger partial charge is 0.387 e. The molecule has 0 aliphatic rings. The Morgan fingerprint density at radius 3 is 2.76 bits per heavy atom. The van der Waals surface area contributed by atoms with Crippen LogP contribution in [-0.2, 0) is 4.79 Å². The summed E-state index contributed by atoms with van der Waals surface area (Å²) in [6.07, 6.45) is 1.24. The van der Waals surface area contributed by atoms with Crippen molar-refractivity contribution < 1.29 is 23.4 Å². The monoisotopic (exact) mass is 317 g/mol. The largest absolute Gasteiger partial charge is 0.478 e. The summed E-state index contributed by atoms with van der Waals surface area (Å²) < 4.78 is 28.7. The molecule has 0 unspecified atom stereocenters. The van der Waals surface area contributed by atoms with E-state index < -0.39 is 12.6 Å². The number of carboxylic acids is 1. The molecule has 0 saturated carbocycles. The molecule has 0 heterocycles. The maximum Gasteiger partial charge on any atom is 0.387 e. The molecule has 0 radical (unpaired) electrons. The van der Waals surface area contributed by atoms with Crippen molar-refractivity contribution >= 4 is 23.6 Å². The third-order valence-corrected chi connectivity index (χ3v) is 2.66. The number of carbonyl (C=O) groups is 1. The van der Waals surface area contributed by atoms with Crippen LogP contribution in [0, 0.1) is 6.92 Å². The SMILES string of the molecule is Cc1cc(/C=C(/CN=[N+]=[N-])C(=O)O)cc(Cl)c1OC(F)F. The molecule has 9 heteroatoms. The first-order valence-electron chi connectivity index (χ1n) is 5.54. The minimum absolute atomic E-state index is 0.0740. The molecule has 1 aromatic carbocycles. The lowest BCUT2D eigenvalue weighted by atomic mass is 10.1. The van der Waals surface area contributed by atoms with Crippen LogP contribution in [0.2, 0.25) is 5.02 Å². The van der Waals surface area contributed by atoms with Gasteiger partial charge in [0.15, 0.2) is 0 Å². The number of azide groups is 1. The van der Waals surface area contributed by atoms with Crippen LogP contribution in [0.15, 0.2) is 22.8 Å². The summed E-state index contributed by atoms with van der Waals surface area (Å²) in [6.45, 7) is -1.87. The van der Waals surface area contributed by atoms with Crippen LogP contribution >= 0.6 is 11.6 Å². The van der Waals surface area contributed by atoms with Crippen LogP contribution in [0.25, 0.3) is 16.5 Å². The third kappa shape index (κ3) is 4.94. The molecule has 0 aliphatic carbocycles. The molecule has 0 bridgehead atoms. The van der Waals surface area contributed by atoms with Crippen molar-refractivity contribution in [1.82, 2.24) is 0 Å². The summed E-state index contributed by atoms with van der Waals surface area (Å²) in [5.41, 5.74) is 8.73. The van der Waals surface area contributed by atoms with E-state index in [4.69, 9.17) is 22.2 Å². The summed E-state index contributed by atoms with van der Waals surface area (Å²) in [4.78, 5) is 13.5. The van der Waals surface area contributed by atoms with Crippen LogP contribution in [0.3, 0.4) is 0 Å². The Hall–Kier alpha value is -2.31. The Labute approximate surface area is 123 Å². The lowest BCUT2D eigenvalue weighted by Gasteiger charge is -2.11. The molecule has 0 spiro atoms. The molecule has 0 fully saturated rings. The fraction of sp³-hybridized carbons (Fsp3) is 0.250. The zero-order valence-corrected chi connectivity index (χ0v) is 11.5. The van der Waals surface area contributed by atoms with Gasteiger partial charge in [-0.1, -0.05) is 16.7 Å². The Morgan fingerprint density at radius 2 is 2.29 bits per heavy atom. The van der Waals surface area contributed by atoms with E-state index in [-0.39, 0.29) is 22.9 Å². The minimum Gasteiger partial charge on any atom is -0.478 e. The number of benzene rings is 1. The van der Waals surface area contributed by atoms with Crippen LogP contribution in [0.5, 0.6) is 5.75 Å². The Kier molecular flexibility index (Phi) is 5.95. The van der Waals surface area contributed by atoms with Gasteiger partial charge in [0.25, 0.3) is 0 Å². The predicted octanol–water partition coefficient (Wildman–Crippen LogP) is 4.03. The molecule has 21 heavy (non-hydrogen) atoms. The average molecular weight is 318 g/mol. The van der Waals surface area contributed by atoms with Gasteiger partial charge < -0.3 is 9.84 Å². The van der Waals surface area contributed by atoms with E-state index >= 15 is 0 Å². The third-order valence-electron chi connectivity index (χ3n) is 2.38. The van der Waals surface area contributed by atoms with Gasteiger partial charge in [-0.05, 0) is 41.8 Å². The number of halogens is 3. The number of aliphatic carboxylic acids is 1. The first-order chi connectivity index (χ1) is 9.85. The zero-order valence-electron chi connectivity index (χ0n) is 10.8. The van der Waals surface area contributed by atoms with Gasteiger partial charge in [-0.15, -0.1) is 0 Å². The van der Waals surface area contributed by atoms with Crippen molar-refractivity contribution in [3.8, 4) is 5.75 Å². The molecular formula is C12H10ClF2N3O3. The lowest BCUT2D eigenvalue weighted by molar-refractivity contribution is -0.132. The van der Waals surface area contributed by atoms with Gasteiger partial charge in [-0.3, -0.25) is 0 Å². The summed E-state index contributed by atoms with van der Waals surface area (Å²) >= 11 is 5.83. The van der Waals surface area contributed by atoms with Gasteiger partial charge >= 0.3 is 12.6 Å². The van der Waals surface area contributed by atoms with E-state index in [0.29, 0.717) is 11.1 Å². The van der Waals surface area contributed by atoms with E-state index in [1.807, 2.05) is 0 Å². The molecule has 0 saturated heterocycles. The fourth-order valence-electron chi connectivity index (χ4n) is 1.56. The molecule has 6 nitrogen and oxygen atoms in total. The average Bonchev–Trinajstić information content (AvgIpc) is 2.38. The van der Waals surface area contributed by atoms with Gasteiger partial charge in [-0.2, -0.15) is 8.78 Å². The lowest BCUT2D eigenvalue weighted by Crippen LogP contribution is -2.05. The van der Waals surface area contributed by atoms with Crippen LogP contribution in [0.1, 0.15) is 11.1 Å². The minimum atomic E-state index is -3.01. The Morgan fingerprint density at radius 1 is 1.62 bits per heavy atom. The Balaban J connectivity index is 3.19. The molecule has 1 rings (SSSR count). The normalized spacial score (nSPS) is 11.2. The van der Waals surface area contributed by atoms with Crippen molar-refractivity contribution in [3.05, 3.63) is 44.3 Å². The first kappa shape index (κ1) is 16.7. The summed E-state index contributed by atoms with van der Waals surface area (Å²) in [5.74, 6) is -1.43. The molecule has 0 atom stereocenters. The van der Waals surface area contributed by atoms with Crippen molar-refractivity contribution in [2.45, 2.75) is 13.5 Å². The second-order valence-corrected chi connectivity index (χ2v) is 4.30. The predicted molar refractivity (Wildman–Crippen MR) is 72.4 cm³/mol. The Bertz CT molecular complexity index is 605. The van der Waals surface area contributed by atoms with Crippen LogP contribution in [0.4, 0.5) is 8.78 Å². The van der Waals surface area contributed by atoms with Crippen molar-refractivity contribution in [2.24, 2.45) is 5.11 Å². The van der Waals surface area contributed by atoms with E-state index in [1.54, 1.807) is 0 Å². The topological polar surface area (TPSA) is 95.3 Å². The molecule has 0 aromatic heterocycles. The number of rotatable bonds is 6. The maximum absolute atomic E-state index is 12.2. The van der Waals surface area contributed by atoms with E-state index in [0.717, 1.165) is 0 Å². The van der Waals surface area contributed by atoms with Gasteiger partial charge in [0.05, 0.1) is 11.6 Å². The van der Waals surface area contributed by atoms with E-state index in [1.165, 1.54) is 25.1 Å². The van der Waals surface area contributed by atoms with Crippen molar-refractivity contribution in [2.75, 3.05) is 6.54 Å². The van der Waals surface area contributed by atoms with Gasteiger partial charge in [0.1, 0.15) is 5.75 Å². The van der Waals surface area contributed by atoms with Crippen LogP contribution < -0.4 is 4.74 Å². The highest BCUT2D eigenvalue weighted by molar-refractivity contribution is 6.32. The number of nitrogens with zero attached hydrogens (tertiary/aromatic N) is 3. The van der Waals surface area contributed by atoms with Crippen molar-refractivity contribution in [1.29, 1.82) is 0 Å². The second kappa shape index (κ2) is 7.47. The number of carboxylic acid groups (broad SMARTS) is 1. The van der Waals surface area contributed by atoms with E-state index in [2.05, 4.69) is 14.8 Å².